The van der Waals surface area contributed by atoms with Crippen LogP contribution in [0.25, 0.3) is 0 Å². The van der Waals surface area contributed by atoms with Gasteiger partial charge in [0.1, 0.15) is 23.4 Å². The van der Waals surface area contributed by atoms with E-state index in [0.29, 0.717) is 0 Å². The largest absolute Gasteiger partial charge is 0.484 e. The molecule has 0 fully saturated rings. The zero-order chi connectivity index (χ0) is 16.4. The van der Waals surface area contributed by atoms with Crippen LogP contribution in [-0.4, -0.2) is 35.1 Å². The Morgan fingerprint density at radius 1 is 1.64 bits per heavy atom. The lowest BCUT2D eigenvalue weighted by atomic mass is 10.1. The molecular formula is C13H13FN2O5S. The number of fused-ring (bicyclic) bond motifs is 1. The highest BCUT2D eigenvalue weighted by atomic mass is 32.1. The summed E-state index contributed by atoms with van der Waals surface area (Å²) in [6.45, 7) is 3.38. The van der Waals surface area contributed by atoms with E-state index < -0.39 is 28.4 Å². The van der Waals surface area contributed by atoms with Crippen LogP contribution in [0.1, 0.15) is 13.8 Å². The van der Waals surface area contributed by atoms with E-state index in [4.69, 9.17) is 21.7 Å². The Bertz CT molecular complexity index is 652. The molecule has 0 aromatic heterocycles. The molecule has 0 saturated carbocycles. The Balaban J connectivity index is 2.49. The van der Waals surface area contributed by atoms with E-state index in [1.165, 1.54) is 4.90 Å². The van der Waals surface area contributed by atoms with Crippen LogP contribution in [0.5, 0.6) is 5.75 Å². The number of carbonyl (C=O) groups is 1. The predicted molar refractivity (Wildman–Crippen MR) is 79.7 cm³/mol. The standard InChI is InChI=1S/C13H13FN2O5S/c1-3-20-13(17)7(2)15-10-5-9(16(18)19)8(14)4-11(10)21-6-12(15)22/h4-5,7H,3,6H2,1-2H3. The molecule has 0 amide bonds. The van der Waals surface area contributed by atoms with Gasteiger partial charge in [0.25, 0.3) is 0 Å². The third-order valence-electron chi connectivity index (χ3n) is 3.12. The summed E-state index contributed by atoms with van der Waals surface area (Å²) in [7, 11) is 0. The van der Waals surface area contributed by atoms with Crippen LogP contribution in [0.15, 0.2) is 12.1 Å². The minimum Gasteiger partial charge on any atom is -0.484 e. The molecule has 22 heavy (non-hydrogen) atoms. The van der Waals surface area contributed by atoms with E-state index in [1.54, 1.807) is 13.8 Å². The number of hydrogen-bond acceptors (Lipinski definition) is 6. The number of hydrogen-bond donors (Lipinski definition) is 0. The van der Waals surface area contributed by atoms with Gasteiger partial charge >= 0.3 is 11.7 Å². The van der Waals surface area contributed by atoms with E-state index in [1.807, 2.05) is 0 Å². The molecule has 118 valence electrons. The highest BCUT2D eigenvalue weighted by Gasteiger charge is 2.34. The molecule has 0 N–H and O–H groups in total. The maximum atomic E-state index is 13.7. The quantitative estimate of drug-likeness (QED) is 0.363. The maximum absolute atomic E-state index is 13.7. The lowest BCUT2D eigenvalue weighted by Gasteiger charge is -2.34. The molecule has 1 aliphatic heterocycles. The molecule has 1 aromatic rings. The van der Waals surface area contributed by atoms with Gasteiger partial charge in [-0.2, -0.15) is 4.39 Å². The van der Waals surface area contributed by atoms with E-state index in [-0.39, 0.29) is 29.6 Å². The van der Waals surface area contributed by atoms with Crippen molar-refractivity contribution >= 4 is 34.6 Å². The van der Waals surface area contributed by atoms with Crippen molar-refractivity contribution in [3.63, 3.8) is 0 Å². The summed E-state index contributed by atoms with van der Waals surface area (Å²) in [5, 5.41) is 10.9. The molecule has 0 saturated heterocycles. The fourth-order valence-corrected chi connectivity index (χ4v) is 2.43. The number of rotatable bonds is 4. The van der Waals surface area contributed by atoms with Crippen LogP contribution in [0, 0.1) is 15.9 Å². The van der Waals surface area contributed by atoms with Gasteiger partial charge in [-0.3, -0.25) is 10.1 Å². The van der Waals surface area contributed by atoms with Gasteiger partial charge in [-0.25, -0.2) is 4.79 Å². The summed E-state index contributed by atoms with van der Waals surface area (Å²) in [5.41, 5.74) is -0.544. The number of ether oxygens (including phenoxy) is 2. The summed E-state index contributed by atoms with van der Waals surface area (Å²) in [5.74, 6) is -1.46. The van der Waals surface area contributed by atoms with Gasteiger partial charge in [0.05, 0.1) is 17.2 Å². The van der Waals surface area contributed by atoms with Crippen molar-refractivity contribution in [2.45, 2.75) is 19.9 Å². The summed E-state index contributed by atoms with van der Waals surface area (Å²) in [6, 6.07) is 1.12. The third-order valence-corrected chi connectivity index (χ3v) is 3.43. The first-order valence-corrected chi connectivity index (χ1v) is 6.87. The van der Waals surface area contributed by atoms with Crippen molar-refractivity contribution in [3.05, 3.63) is 28.1 Å². The summed E-state index contributed by atoms with van der Waals surface area (Å²) in [4.78, 5) is 23.6. The Hall–Kier alpha value is -2.29. The molecule has 0 radical (unpaired) electrons. The number of thiocarbonyl (C=S) groups is 1. The van der Waals surface area contributed by atoms with Crippen molar-refractivity contribution in [2.75, 3.05) is 18.1 Å². The van der Waals surface area contributed by atoms with Crippen molar-refractivity contribution in [1.82, 2.24) is 0 Å². The van der Waals surface area contributed by atoms with Crippen LogP contribution >= 0.6 is 12.2 Å². The Morgan fingerprint density at radius 2 is 2.32 bits per heavy atom. The van der Waals surface area contributed by atoms with Crippen LogP contribution in [0.2, 0.25) is 0 Å². The molecular weight excluding hydrogens is 315 g/mol. The minimum atomic E-state index is -1.01. The second kappa shape index (κ2) is 6.22. The van der Waals surface area contributed by atoms with Crippen LogP contribution in [0.4, 0.5) is 15.8 Å². The number of esters is 1. The van der Waals surface area contributed by atoms with Crippen LogP contribution in [-0.2, 0) is 9.53 Å². The van der Waals surface area contributed by atoms with Crippen molar-refractivity contribution in [3.8, 4) is 5.75 Å². The molecule has 9 heteroatoms. The fraction of sp³-hybridized carbons (Fsp3) is 0.385. The third kappa shape index (κ3) is 2.84. The number of nitro benzene ring substituents is 1. The van der Waals surface area contributed by atoms with Crippen LogP contribution < -0.4 is 9.64 Å². The monoisotopic (exact) mass is 328 g/mol. The first-order valence-electron chi connectivity index (χ1n) is 6.46. The fourth-order valence-electron chi connectivity index (χ4n) is 2.11. The van der Waals surface area contributed by atoms with E-state index in [9.17, 15) is 19.3 Å². The summed E-state index contributed by atoms with van der Waals surface area (Å²) >= 11 is 5.15. The number of anilines is 1. The number of halogens is 1. The van der Waals surface area contributed by atoms with Gasteiger partial charge in [0.2, 0.25) is 5.82 Å². The molecule has 7 nitrogen and oxygen atoms in total. The minimum absolute atomic E-state index is 0.0245. The first kappa shape index (κ1) is 16.1. The second-order valence-electron chi connectivity index (χ2n) is 4.51. The zero-order valence-electron chi connectivity index (χ0n) is 11.9. The Labute approximate surface area is 130 Å². The normalized spacial score (nSPS) is 14.9. The molecule has 1 aliphatic rings. The van der Waals surface area contributed by atoms with E-state index >= 15 is 0 Å². The smallest absolute Gasteiger partial charge is 0.328 e. The molecule has 1 heterocycles. The average Bonchev–Trinajstić information content (AvgIpc) is 2.46. The Kier molecular flexibility index (Phi) is 4.55. The van der Waals surface area contributed by atoms with Crippen molar-refractivity contribution in [1.29, 1.82) is 0 Å². The van der Waals surface area contributed by atoms with Gasteiger partial charge in [0, 0.05) is 12.1 Å². The SMILES string of the molecule is CCOC(=O)C(C)N1C(=S)COc2cc(F)c([N+](=O)[O-])cc21. The molecule has 0 spiro atoms. The topological polar surface area (TPSA) is 81.9 Å². The summed E-state index contributed by atoms with van der Waals surface area (Å²) < 4.78 is 23.9. The predicted octanol–water partition coefficient (Wildman–Crippen LogP) is 2.21. The second-order valence-corrected chi connectivity index (χ2v) is 4.98. The van der Waals surface area contributed by atoms with Gasteiger partial charge in [-0.1, -0.05) is 12.2 Å². The number of nitrogens with zero attached hydrogens (tertiary/aromatic N) is 2. The highest BCUT2D eigenvalue weighted by Crippen LogP contribution is 2.38. The Morgan fingerprint density at radius 3 is 2.91 bits per heavy atom. The van der Waals surface area contributed by atoms with Gasteiger partial charge in [-0.15, -0.1) is 0 Å². The number of carbonyl (C=O) groups excluding carboxylic acids is 1. The zero-order valence-corrected chi connectivity index (χ0v) is 12.7. The summed E-state index contributed by atoms with van der Waals surface area (Å²) in [6.07, 6.45) is 0. The number of nitro groups is 1. The first-order chi connectivity index (χ1) is 10.4. The number of benzene rings is 1. The van der Waals surface area contributed by atoms with Gasteiger partial charge in [-0.05, 0) is 13.8 Å². The molecule has 1 unspecified atom stereocenters. The maximum Gasteiger partial charge on any atom is 0.328 e. The lowest BCUT2D eigenvalue weighted by molar-refractivity contribution is -0.387. The van der Waals surface area contributed by atoms with E-state index in [2.05, 4.69) is 0 Å². The molecule has 0 bridgehead atoms. The van der Waals surface area contributed by atoms with Crippen LogP contribution in [0.3, 0.4) is 0 Å². The van der Waals surface area contributed by atoms with Crippen molar-refractivity contribution in [2.24, 2.45) is 0 Å². The molecule has 1 aromatic carbocycles. The highest BCUT2D eigenvalue weighted by molar-refractivity contribution is 7.80. The average molecular weight is 328 g/mol. The molecule has 2 rings (SSSR count). The van der Waals surface area contributed by atoms with E-state index in [0.717, 1.165) is 12.1 Å². The van der Waals surface area contributed by atoms with Gasteiger partial charge < -0.3 is 14.4 Å². The lowest BCUT2D eigenvalue weighted by Crippen LogP contribution is -2.47. The molecule has 0 aliphatic carbocycles. The molecule has 1 atom stereocenters. The van der Waals surface area contributed by atoms with Gasteiger partial charge in [0.15, 0.2) is 0 Å². The van der Waals surface area contributed by atoms with Crippen molar-refractivity contribution < 1.29 is 23.6 Å².